The molecule has 0 bridgehead atoms. The van der Waals surface area contributed by atoms with Crippen LogP contribution in [0.25, 0.3) is 6.08 Å². The second kappa shape index (κ2) is 9.10. The maximum Gasteiger partial charge on any atom is 0.251 e. The lowest BCUT2D eigenvalue weighted by atomic mass is 10.2. The Morgan fingerprint density at radius 2 is 2.00 bits per heavy atom. The average molecular weight is 374 g/mol. The summed E-state index contributed by atoms with van der Waals surface area (Å²) < 4.78 is 0. The van der Waals surface area contributed by atoms with Crippen LogP contribution in [0.4, 0.5) is 5.69 Å². The van der Waals surface area contributed by atoms with Gasteiger partial charge in [0.05, 0.1) is 0 Å². The molecule has 0 radical (unpaired) electrons. The number of thiophene rings is 1. The molecule has 0 unspecified atom stereocenters. The van der Waals surface area contributed by atoms with E-state index in [4.69, 9.17) is 12.2 Å². The molecule has 2 rings (SSSR count). The van der Waals surface area contributed by atoms with E-state index in [2.05, 4.69) is 16.0 Å². The number of thiocarbonyl (C=S) groups is 1. The zero-order valence-corrected chi connectivity index (χ0v) is 15.5. The average Bonchev–Trinajstić information content (AvgIpc) is 3.06. The van der Waals surface area contributed by atoms with Crippen molar-refractivity contribution < 1.29 is 9.59 Å². The van der Waals surface area contributed by atoms with E-state index in [-0.39, 0.29) is 23.0 Å². The highest BCUT2D eigenvalue weighted by Gasteiger charge is 2.08. The molecule has 1 heterocycles. The molecule has 5 nitrogen and oxygen atoms in total. The fraction of sp³-hybridized carbons (Fsp3) is 0.167. The Bertz CT molecular complexity index is 783. The highest BCUT2D eigenvalue weighted by atomic mass is 32.1. The number of anilines is 1. The maximum atomic E-state index is 12.0. The van der Waals surface area contributed by atoms with Crippen molar-refractivity contribution in [1.82, 2.24) is 10.6 Å². The molecule has 0 aliphatic carbocycles. The first-order valence-electron chi connectivity index (χ1n) is 7.68. The number of hydrogen-bond acceptors (Lipinski definition) is 4. The lowest BCUT2D eigenvalue weighted by molar-refractivity contribution is -0.115. The van der Waals surface area contributed by atoms with Crippen LogP contribution in [-0.4, -0.2) is 23.0 Å². The molecule has 0 spiro atoms. The Labute approximate surface area is 156 Å². The van der Waals surface area contributed by atoms with Crippen molar-refractivity contribution in [3.8, 4) is 0 Å². The zero-order valence-electron chi connectivity index (χ0n) is 13.9. The van der Waals surface area contributed by atoms with Crippen molar-refractivity contribution in [1.29, 1.82) is 0 Å². The van der Waals surface area contributed by atoms with Crippen molar-refractivity contribution in [2.75, 3.05) is 5.32 Å². The predicted molar refractivity (Wildman–Crippen MR) is 107 cm³/mol. The molecule has 0 atom stereocenters. The van der Waals surface area contributed by atoms with Gasteiger partial charge in [-0.05, 0) is 61.8 Å². The summed E-state index contributed by atoms with van der Waals surface area (Å²) in [5.74, 6) is -0.480. The minimum absolute atomic E-state index is 0.0552. The Morgan fingerprint density at radius 3 is 2.68 bits per heavy atom. The van der Waals surface area contributed by atoms with Crippen molar-refractivity contribution in [3.63, 3.8) is 0 Å². The molecule has 0 fully saturated rings. The van der Waals surface area contributed by atoms with Crippen molar-refractivity contribution in [2.45, 2.75) is 19.9 Å². The van der Waals surface area contributed by atoms with Gasteiger partial charge in [0.15, 0.2) is 5.11 Å². The number of hydrogen-bond donors (Lipinski definition) is 3. The maximum absolute atomic E-state index is 12.0. The Balaban J connectivity index is 1.91. The van der Waals surface area contributed by atoms with E-state index in [1.165, 1.54) is 6.08 Å². The molecule has 2 aromatic rings. The topological polar surface area (TPSA) is 70.2 Å². The van der Waals surface area contributed by atoms with Crippen LogP contribution >= 0.6 is 23.6 Å². The van der Waals surface area contributed by atoms with E-state index in [0.29, 0.717) is 11.3 Å². The lowest BCUT2D eigenvalue weighted by Gasteiger charge is -2.11. The van der Waals surface area contributed by atoms with Crippen LogP contribution in [0, 0.1) is 0 Å². The Morgan fingerprint density at radius 1 is 1.20 bits per heavy atom. The molecule has 25 heavy (non-hydrogen) atoms. The summed E-state index contributed by atoms with van der Waals surface area (Å²) in [6.45, 7) is 3.79. The summed E-state index contributed by atoms with van der Waals surface area (Å²) >= 11 is 6.67. The van der Waals surface area contributed by atoms with E-state index >= 15 is 0 Å². The Kier molecular flexibility index (Phi) is 6.85. The normalized spacial score (nSPS) is 10.7. The van der Waals surface area contributed by atoms with Crippen molar-refractivity contribution in [3.05, 3.63) is 58.3 Å². The summed E-state index contributed by atoms with van der Waals surface area (Å²) in [5, 5.41) is 10.4. The van der Waals surface area contributed by atoms with Gasteiger partial charge < -0.3 is 10.6 Å². The molecule has 3 N–H and O–H groups in total. The van der Waals surface area contributed by atoms with Gasteiger partial charge in [-0.1, -0.05) is 12.1 Å². The fourth-order valence-electron chi connectivity index (χ4n) is 1.94. The van der Waals surface area contributed by atoms with Crippen LogP contribution in [0.2, 0.25) is 0 Å². The first-order valence-corrected chi connectivity index (χ1v) is 8.97. The van der Waals surface area contributed by atoms with E-state index in [0.717, 1.165) is 4.88 Å². The molecule has 0 saturated heterocycles. The van der Waals surface area contributed by atoms with Gasteiger partial charge in [-0.15, -0.1) is 11.3 Å². The largest absolute Gasteiger partial charge is 0.350 e. The highest BCUT2D eigenvalue weighted by molar-refractivity contribution is 7.80. The summed E-state index contributed by atoms with van der Waals surface area (Å²) in [6.07, 6.45) is 3.14. The van der Waals surface area contributed by atoms with Crippen LogP contribution in [0.1, 0.15) is 29.1 Å². The second-order valence-corrected chi connectivity index (χ2v) is 6.89. The predicted octanol–water partition coefficient (Wildman–Crippen LogP) is 3.41. The van der Waals surface area contributed by atoms with Crippen LogP contribution < -0.4 is 16.0 Å². The third-order valence-electron chi connectivity index (χ3n) is 2.98. The van der Waals surface area contributed by atoms with Gasteiger partial charge in [-0.2, -0.15) is 0 Å². The minimum Gasteiger partial charge on any atom is -0.350 e. The lowest BCUT2D eigenvalue weighted by Crippen LogP contribution is -2.33. The van der Waals surface area contributed by atoms with Gasteiger partial charge in [0.1, 0.15) is 0 Å². The summed E-state index contributed by atoms with van der Waals surface area (Å²) in [5.41, 5.74) is 1.15. The third-order valence-corrected chi connectivity index (χ3v) is 4.02. The van der Waals surface area contributed by atoms with Crippen LogP contribution in [0.3, 0.4) is 0 Å². The van der Waals surface area contributed by atoms with Crippen LogP contribution in [-0.2, 0) is 4.79 Å². The molecular formula is C18H19N3O2S2. The molecule has 1 aromatic carbocycles. The SMILES string of the molecule is CC(C)NC(=O)c1cccc(NC(=S)NC(=O)/C=C/c2cccs2)c1. The summed E-state index contributed by atoms with van der Waals surface area (Å²) in [6, 6.07) is 10.8. The number of benzene rings is 1. The molecule has 0 saturated carbocycles. The fourth-order valence-corrected chi connectivity index (χ4v) is 2.78. The van der Waals surface area contributed by atoms with Gasteiger partial charge in [-0.3, -0.25) is 14.9 Å². The number of rotatable bonds is 5. The van der Waals surface area contributed by atoms with Crippen molar-refractivity contribution >= 4 is 52.2 Å². The number of amides is 2. The van der Waals surface area contributed by atoms with Gasteiger partial charge in [0, 0.05) is 28.2 Å². The molecule has 1 aromatic heterocycles. The standard InChI is InChI=1S/C18H19N3O2S2/c1-12(2)19-17(23)13-5-3-6-14(11-13)20-18(24)21-16(22)9-8-15-7-4-10-25-15/h3-12H,1-2H3,(H,19,23)(H2,20,21,22,24)/b9-8+. The van der Waals surface area contributed by atoms with Gasteiger partial charge in [-0.25, -0.2) is 0 Å². The van der Waals surface area contributed by atoms with Crippen LogP contribution in [0.5, 0.6) is 0 Å². The minimum atomic E-state index is -0.320. The molecule has 130 valence electrons. The highest BCUT2D eigenvalue weighted by Crippen LogP contribution is 2.11. The van der Waals surface area contributed by atoms with Gasteiger partial charge in [0.2, 0.25) is 5.91 Å². The molecule has 2 amide bonds. The monoisotopic (exact) mass is 373 g/mol. The number of carbonyl (C=O) groups is 2. The second-order valence-electron chi connectivity index (χ2n) is 5.50. The molecule has 0 aliphatic rings. The summed E-state index contributed by atoms with van der Waals surface area (Å²) in [7, 11) is 0. The first-order chi connectivity index (χ1) is 11.9. The van der Waals surface area contributed by atoms with Crippen molar-refractivity contribution in [2.24, 2.45) is 0 Å². The molecule has 7 heteroatoms. The number of nitrogens with one attached hydrogen (secondary N) is 3. The third kappa shape index (κ3) is 6.48. The summed E-state index contributed by atoms with van der Waals surface area (Å²) in [4.78, 5) is 24.9. The smallest absolute Gasteiger partial charge is 0.251 e. The Hall–Kier alpha value is -2.51. The molecule has 0 aliphatic heterocycles. The van der Waals surface area contributed by atoms with Crippen LogP contribution in [0.15, 0.2) is 47.9 Å². The van der Waals surface area contributed by atoms with Gasteiger partial charge in [0.25, 0.3) is 5.91 Å². The first kappa shape index (κ1) is 18.8. The van der Waals surface area contributed by atoms with Gasteiger partial charge >= 0.3 is 0 Å². The quantitative estimate of drug-likeness (QED) is 0.555. The van der Waals surface area contributed by atoms with E-state index in [9.17, 15) is 9.59 Å². The van der Waals surface area contributed by atoms with E-state index in [1.807, 2.05) is 31.4 Å². The number of carbonyl (C=O) groups excluding carboxylic acids is 2. The van der Waals surface area contributed by atoms with E-state index < -0.39 is 0 Å². The molecular weight excluding hydrogens is 354 g/mol. The zero-order chi connectivity index (χ0) is 18.2. The van der Waals surface area contributed by atoms with E-state index in [1.54, 1.807) is 41.7 Å².